The van der Waals surface area contributed by atoms with Gasteiger partial charge in [-0.1, -0.05) is 12.1 Å². The first kappa shape index (κ1) is 23.0. The number of benzene rings is 1. The summed E-state index contributed by atoms with van der Waals surface area (Å²) in [6.07, 6.45) is -3.04. The van der Waals surface area contributed by atoms with Gasteiger partial charge in [0, 0.05) is 12.7 Å². The number of ether oxygens (including phenoxy) is 2. The Hall–Kier alpha value is -3.13. The van der Waals surface area contributed by atoms with Gasteiger partial charge in [-0.3, -0.25) is 13.9 Å². The molecule has 1 saturated heterocycles. The minimum absolute atomic E-state index is 0.0142. The number of rotatable bonds is 7. The van der Waals surface area contributed by atoms with E-state index in [-0.39, 0.29) is 16.7 Å². The van der Waals surface area contributed by atoms with E-state index in [1.54, 1.807) is 25.2 Å². The zero-order valence-electron chi connectivity index (χ0n) is 17.1. The van der Waals surface area contributed by atoms with Crippen LogP contribution in [0.15, 0.2) is 41.7 Å². The number of phosphoric ester groups is 1. The standard InChI is InChI=1S/C18H20N5O9P/c1-19-10-5-3-2-4-9(10)18(26)32-14-11(6-30-33(27,28)29)31-17(13(14)24)23-8-22-12-15(23)20-7-21-16(12)25/h2-5,7-8,11,13-14,17,19,24H,6H2,1H3,(H,20,21,25)(H2,27,28,29)/t11-,13-,14-,17-/m1/s1. The lowest BCUT2D eigenvalue weighted by Crippen LogP contribution is -2.38. The number of phosphoric acid groups is 1. The number of carbonyl (C=O) groups excluding carboxylic acids is 1. The molecule has 0 spiro atoms. The van der Waals surface area contributed by atoms with Crippen LogP contribution in [-0.2, 0) is 18.6 Å². The zero-order chi connectivity index (χ0) is 23.8. The molecular formula is C18H20N5O9P. The lowest BCUT2D eigenvalue weighted by molar-refractivity contribution is -0.0521. The van der Waals surface area contributed by atoms with Crippen LogP contribution < -0.4 is 10.9 Å². The highest BCUT2D eigenvalue weighted by atomic mass is 31.2. The third kappa shape index (κ3) is 4.66. The van der Waals surface area contributed by atoms with Crippen molar-refractivity contribution >= 4 is 30.6 Å². The van der Waals surface area contributed by atoms with Crippen molar-refractivity contribution in [1.82, 2.24) is 19.5 Å². The Kier molecular flexibility index (Phi) is 6.30. The van der Waals surface area contributed by atoms with Gasteiger partial charge in [0.25, 0.3) is 5.56 Å². The molecule has 0 saturated carbocycles. The number of H-pyrrole nitrogens is 1. The van der Waals surface area contributed by atoms with Crippen molar-refractivity contribution in [2.45, 2.75) is 24.5 Å². The maximum absolute atomic E-state index is 12.8. The topological polar surface area (TPSA) is 198 Å². The highest BCUT2D eigenvalue weighted by Gasteiger charge is 2.48. The summed E-state index contributed by atoms with van der Waals surface area (Å²) in [7, 11) is -3.27. The largest absolute Gasteiger partial charge is 0.469 e. The zero-order valence-corrected chi connectivity index (χ0v) is 18.0. The number of fused-ring (bicyclic) bond motifs is 1. The molecule has 176 valence electrons. The number of imidazole rings is 1. The lowest BCUT2D eigenvalue weighted by atomic mass is 10.1. The Morgan fingerprint density at radius 1 is 1.33 bits per heavy atom. The molecule has 1 aliphatic heterocycles. The van der Waals surface area contributed by atoms with E-state index in [4.69, 9.17) is 19.3 Å². The Bertz CT molecular complexity index is 1270. The van der Waals surface area contributed by atoms with Crippen molar-refractivity contribution in [3.8, 4) is 0 Å². The number of aliphatic hydroxyl groups excluding tert-OH is 1. The summed E-state index contributed by atoms with van der Waals surface area (Å²) >= 11 is 0. The third-order valence-electron chi connectivity index (χ3n) is 5.02. The van der Waals surface area contributed by atoms with E-state index in [1.807, 2.05) is 0 Å². The predicted molar refractivity (Wildman–Crippen MR) is 111 cm³/mol. The van der Waals surface area contributed by atoms with Gasteiger partial charge in [0.1, 0.15) is 12.2 Å². The number of aliphatic hydroxyl groups is 1. The highest BCUT2D eigenvalue weighted by molar-refractivity contribution is 7.46. The molecule has 0 amide bonds. The molecule has 1 aromatic carbocycles. The monoisotopic (exact) mass is 481 g/mol. The molecular weight excluding hydrogens is 461 g/mol. The highest BCUT2D eigenvalue weighted by Crippen LogP contribution is 2.39. The number of carbonyl (C=O) groups is 1. The Morgan fingerprint density at radius 3 is 2.82 bits per heavy atom. The van der Waals surface area contributed by atoms with Gasteiger partial charge in [0.2, 0.25) is 0 Å². The van der Waals surface area contributed by atoms with Crippen LogP contribution in [-0.4, -0.2) is 72.3 Å². The smallest absolute Gasteiger partial charge is 0.453 e. The maximum atomic E-state index is 12.8. The van der Waals surface area contributed by atoms with Crippen molar-refractivity contribution in [3.05, 3.63) is 52.8 Å². The van der Waals surface area contributed by atoms with Gasteiger partial charge in [-0.25, -0.2) is 19.3 Å². The van der Waals surface area contributed by atoms with E-state index in [0.717, 1.165) is 6.33 Å². The first-order valence-electron chi connectivity index (χ1n) is 9.61. The fourth-order valence-electron chi connectivity index (χ4n) is 3.52. The normalized spacial score (nSPS) is 23.0. The summed E-state index contributed by atoms with van der Waals surface area (Å²) < 4.78 is 28.2. The van der Waals surface area contributed by atoms with Crippen LogP contribution in [0.2, 0.25) is 0 Å². The SMILES string of the molecule is CNc1ccccc1C(=O)O[C@H]1[C@@H](O)[C@H](n2cnc3c(=O)[nH]cnc32)O[C@@H]1COP(=O)(O)O. The summed E-state index contributed by atoms with van der Waals surface area (Å²) in [6.45, 7) is -0.690. The van der Waals surface area contributed by atoms with Gasteiger partial charge < -0.3 is 34.7 Å². The average molecular weight is 481 g/mol. The molecule has 0 unspecified atom stereocenters. The first-order chi connectivity index (χ1) is 15.7. The first-order valence-corrected chi connectivity index (χ1v) is 11.1. The predicted octanol–water partition coefficient (Wildman–Crippen LogP) is -0.246. The van der Waals surface area contributed by atoms with E-state index in [1.165, 1.54) is 17.0 Å². The number of nitrogens with zero attached hydrogens (tertiary/aromatic N) is 3. The number of nitrogens with one attached hydrogen (secondary N) is 2. The van der Waals surface area contributed by atoms with Gasteiger partial charge in [-0.05, 0) is 12.1 Å². The second kappa shape index (κ2) is 9.02. The second-order valence-electron chi connectivity index (χ2n) is 7.06. The van der Waals surface area contributed by atoms with Crippen molar-refractivity contribution in [1.29, 1.82) is 0 Å². The number of esters is 1. The summed E-state index contributed by atoms with van der Waals surface area (Å²) in [6, 6.07) is 6.49. The van der Waals surface area contributed by atoms with Crippen LogP contribution in [0.4, 0.5) is 5.69 Å². The average Bonchev–Trinajstić information content (AvgIpc) is 3.34. The Labute approximate surface area is 185 Å². The van der Waals surface area contributed by atoms with Gasteiger partial charge in [0.15, 0.2) is 23.5 Å². The van der Waals surface area contributed by atoms with Gasteiger partial charge in [-0.2, -0.15) is 0 Å². The number of anilines is 1. The van der Waals surface area contributed by atoms with E-state index in [2.05, 4.69) is 24.8 Å². The fourth-order valence-corrected chi connectivity index (χ4v) is 3.86. The van der Waals surface area contributed by atoms with Crippen LogP contribution >= 0.6 is 7.82 Å². The maximum Gasteiger partial charge on any atom is 0.469 e. The number of aromatic nitrogens is 4. The molecule has 0 radical (unpaired) electrons. The van der Waals surface area contributed by atoms with Crippen LogP contribution in [0.5, 0.6) is 0 Å². The number of hydrogen-bond acceptors (Lipinski definition) is 10. The molecule has 0 bridgehead atoms. The Balaban J connectivity index is 1.65. The number of para-hydroxylation sites is 1. The Morgan fingerprint density at radius 2 is 2.09 bits per heavy atom. The number of hydrogen-bond donors (Lipinski definition) is 5. The summed E-state index contributed by atoms with van der Waals surface area (Å²) in [5.41, 5.74) is 0.204. The van der Waals surface area contributed by atoms with Gasteiger partial charge in [-0.15, -0.1) is 0 Å². The minimum Gasteiger partial charge on any atom is -0.453 e. The molecule has 1 fully saturated rings. The van der Waals surface area contributed by atoms with Gasteiger partial charge in [0.05, 0.1) is 24.8 Å². The van der Waals surface area contributed by atoms with E-state index < -0.39 is 50.5 Å². The molecule has 15 heteroatoms. The molecule has 5 N–H and O–H groups in total. The molecule has 1 aliphatic rings. The van der Waals surface area contributed by atoms with Crippen molar-refractivity contribution in [3.63, 3.8) is 0 Å². The van der Waals surface area contributed by atoms with Gasteiger partial charge >= 0.3 is 13.8 Å². The molecule has 3 heterocycles. The van der Waals surface area contributed by atoms with Crippen molar-refractivity contribution < 1.29 is 38.3 Å². The summed E-state index contributed by atoms with van der Waals surface area (Å²) in [5, 5.41) is 13.8. The molecule has 33 heavy (non-hydrogen) atoms. The van der Waals surface area contributed by atoms with Crippen LogP contribution in [0.1, 0.15) is 16.6 Å². The molecule has 14 nitrogen and oxygen atoms in total. The minimum atomic E-state index is -4.88. The van der Waals surface area contributed by atoms with Crippen LogP contribution in [0.3, 0.4) is 0 Å². The fraction of sp³-hybridized carbons (Fsp3) is 0.333. The molecule has 4 atom stereocenters. The van der Waals surface area contributed by atoms with E-state index in [9.17, 15) is 19.3 Å². The third-order valence-corrected chi connectivity index (χ3v) is 5.50. The summed E-state index contributed by atoms with van der Waals surface area (Å²) in [5.74, 6) is -0.806. The quantitative estimate of drug-likeness (QED) is 0.219. The van der Waals surface area contributed by atoms with E-state index >= 15 is 0 Å². The lowest BCUT2D eigenvalue weighted by Gasteiger charge is -2.21. The molecule has 3 aromatic rings. The molecule has 4 rings (SSSR count). The van der Waals surface area contributed by atoms with Crippen LogP contribution in [0.25, 0.3) is 11.2 Å². The van der Waals surface area contributed by atoms with E-state index in [0.29, 0.717) is 5.69 Å². The van der Waals surface area contributed by atoms with Crippen molar-refractivity contribution in [2.24, 2.45) is 0 Å². The number of aromatic amines is 1. The second-order valence-corrected chi connectivity index (χ2v) is 8.30. The summed E-state index contributed by atoms with van der Waals surface area (Å²) in [4.78, 5) is 53.3. The van der Waals surface area contributed by atoms with Crippen molar-refractivity contribution in [2.75, 3.05) is 19.0 Å². The molecule has 2 aromatic heterocycles. The van der Waals surface area contributed by atoms with Crippen LogP contribution in [0, 0.1) is 0 Å². The molecule has 0 aliphatic carbocycles.